The summed E-state index contributed by atoms with van der Waals surface area (Å²) in [5, 5.41) is 4.58. The second-order valence-electron chi connectivity index (χ2n) is 6.66. The minimum atomic E-state index is 0.0781. The monoisotopic (exact) mass is 317 g/mol. The van der Waals surface area contributed by atoms with Crippen LogP contribution in [0.3, 0.4) is 0 Å². The molecule has 2 rings (SSSR count). The molecule has 0 aliphatic carbocycles. The second-order valence-corrected chi connectivity index (χ2v) is 6.66. The lowest BCUT2D eigenvalue weighted by molar-refractivity contribution is -0.129. The Morgan fingerprint density at radius 1 is 1.30 bits per heavy atom. The molecule has 0 aromatic carbocycles. The molecular weight excluding hydrogens is 290 g/mol. The summed E-state index contributed by atoms with van der Waals surface area (Å²) in [5.41, 5.74) is 3.07. The Morgan fingerprint density at radius 3 is 2.57 bits per heavy atom. The van der Waals surface area contributed by atoms with E-state index in [0.717, 1.165) is 35.0 Å². The summed E-state index contributed by atoms with van der Waals surface area (Å²) in [7, 11) is 1.81. The highest BCUT2D eigenvalue weighted by atomic mass is 16.3. The molecule has 0 saturated heterocycles. The van der Waals surface area contributed by atoms with E-state index in [-0.39, 0.29) is 5.91 Å². The van der Waals surface area contributed by atoms with Crippen LogP contribution in [-0.2, 0) is 24.3 Å². The van der Waals surface area contributed by atoms with Crippen LogP contribution in [0.25, 0.3) is 0 Å². The van der Waals surface area contributed by atoms with E-state index in [1.807, 2.05) is 44.6 Å². The Bertz CT molecular complexity index is 682. The van der Waals surface area contributed by atoms with E-state index in [4.69, 9.17) is 4.42 Å². The van der Waals surface area contributed by atoms with E-state index in [1.165, 1.54) is 0 Å². The van der Waals surface area contributed by atoms with Gasteiger partial charge in [0.2, 0.25) is 5.91 Å². The molecule has 0 atom stereocenters. The highest BCUT2D eigenvalue weighted by Gasteiger charge is 2.18. The summed E-state index contributed by atoms with van der Waals surface area (Å²) in [6.07, 6.45) is 0.381. The number of rotatable bonds is 6. The van der Waals surface area contributed by atoms with Crippen molar-refractivity contribution in [1.29, 1.82) is 0 Å². The summed E-state index contributed by atoms with van der Waals surface area (Å²) in [5.74, 6) is 2.28. The summed E-state index contributed by atoms with van der Waals surface area (Å²) in [6, 6.07) is 3.83. The summed E-state index contributed by atoms with van der Waals surface area (Å²) in [4.78, 5) is 14.2. The number of likely N-dealkylation sites (N-methyl/N-ethyl adjacent to an activating group) is 1. The van der Waals surface area contributed by atoms with Crippen LogP contribution < -0.4 is 0 Å². The topological polar surface area (TPSA) is 51.3 Å². The molecule has 2 aromatic rings. The summed E-state index contributed by atoms with van der Waals surface area (Å²) < 4.78 is 7.55. The van der Waals surface area contributed by atoms with Gasteiger partial charge in [-0.15, -0.1) is 0 Å². The summed E-state index contributed by atoms with van der Waals surface area (Å²) in [6.45, 7) is 11.6. The fraction of sp³-hybridized carbons (Fsp3) is 0.556. The lowest BCUT2D eigenvalue weighted by Gasteiger charge is -2.16. The van der Waals surface area contributed by atoms with Gasteiger partial charge in [-0.1, -0.05) is 13.8 Å². The molecule has 0 fully saturated rings. The van der Waals surface area contributed by atoms with Crippen molar-refractivity contribution in [3.8, 4) is 0 Å². The van der Waals surface area contributed by atoms with Crippen molar-refractivity contribution in [1.82, 2.24) is 14.7 Å². The molecular formula is C18H27N3O2. The number of aryl methyl sites for hydroxylation is 2. The standard InChI is InChI=1S/C18H27N3O2/c1-12(2)10-21-15(5)17(14(4)19-21)9-18(22)20(6)11-16-8-7-13(3)23-16/h7-8,12H,9-11H2,1-6H3. The van der Waals surface area contributed by atoms with Crippen molar-refractivity contribution >= 4 is 5.91 Å². The minimum Gasteiger partial charge on any atom is -0.464 e. The zero-order valence-corrected chi connectivity index (χ0v) is 15.0. The van der Waals surface area contributed by atoms with Crippen LogP contribution in [0.1, 0.15) is 42.3 Å². The molecule has 0 saturated carbocycles. The molecule has 0 N–H and O–H groups in total. The molecule has 5 heteroatoms. The van der Waals surface area contributed by atoms with Gasteiger partial charge in [-0.3, -0.25) is 9.48 Å². The number of nitrogens with zero attached hydrogens (tertiary/aromatic N) is 3. The Hall–Kier alpha value is -2.04. The molecule has 1 amide bonds. The number of hydrogen-bond donors (Lipinski definition) is 0. The van der Waals surface area contributed by atoms with Crippen molar-refractivity contribution < 1.29 is 9.21 Å². The van der Waals surface area contributed by atoms with Crippen molar-refractivity contribution in [2.45, 2.75) is 54.1 Å². The Kier molecular flexibility index (Phi) is 5.29. The normalized spacial score (nSPS) is 11.3. The molecule has 0 radical (unpaired) electrons. The van der Waals surface area contributed by atoms with Crippen molar-refractivity contribution in [2.24, 2.45) is 5.92 Å². The van der Waals surface area contributed by atoms with Gasteiger partial charge in [0.1, 0.15) is 11.5 Å². The molecule has 126 valence electrons. The maximum Gasteiger partial charge on any atom is 0.227 e. The van der Waals surface area contributed by atoms with Crippen LogP contribution in [0.4, 0.5) is 0 Å². The first-order chi connectivity index (χ1) is 10.8. The quantitative estimate of drug-likeness (QED) is 0.821. The molecule has 0 bridgehead atoms. The van der Waals surface area contributed by atoms with E-state index in [9.17, 15) is 4.79 Å². The van der Waals surface area contributed by atoms with Crippen LogP contribution >= 0.6 is 0 Å². The van der Waals surface area contributed by atoms with E-state index >= 15 is 0 Å². The fourth-order valence-corrected chi connectivity index (χ4v) is 2.69. The van der Waals surface area contributed by atoms with Crippen LogP contribution in [0.15, 0.2) is 16.5 Å². The molecule has 0 aliphatic rings. The van der Waals surface area contributed by atoms with Gasteiger partial charge >= 0.3 is 0 Å². The van der Waals surface area contributed by atoms with Gasteiger partial charge in [0.15, 0.2) is 0 Å². The molecule has 0 aliphatic heterocycles. The predicted octanol–water partition coefficient (Wildman–Crippen LogP) is 3.26. The average Bonchev–Trinajstić information content (AvgIpc) is 2.97. The maximum absolute atomic E-state index is 12.5. The van der Waals surface area contributed by atoms with E-state index < -0.39 is 0 Å². The third-order valence-corrected chi connectivity index (χ3v) is 4.01. The van der Waals surface area contributed by atoms with E-state index in [0.29, 0.717) is 18.9 Å². The smallest absolute Gasteiger partial charge is 0.227 e. The number of hydrogen-bond acceptors (Lipinski definition) is 3. The zero-order chi connectivity index (χ0) is 17.1. The third-order valence-electron chi connectivity index (χ3n) is 4.01. The van der Waals surface area contributed by atoms with Crippen LogP contribution in [0, 0.1) is 26.7 Å². The Balaban J connectivity index is 2.06. The first-order valence-corrected chi connectivity index (χ1v) is 8.10. The molecule has 5 nitrogen and oxygen atoms in total. The van der Waals surface area contributed by atoms with Gasteiger partial charge in [0.05, 0.1) is 18.7 Å². The minimum absolute atomic E-state index is 0.0781. The average molecular weight is 317 g/mol. The van der Waals surface area contributed by atoms with Crippen molar-refractivity contribution in [3.05, 3.63) is 40.6 Å². The number of carbonyl (C=O) groups is 1. The molecule has 2 heterocycles. The van der Waals surface area contributed by atoms with Crippen molar-refractivity contribution in [2.75, 3.05) is 7.05 Å². The highest BCUT2D eigenvalue weighted by Crippen LogP contribution is 2.17. The maximum atomic E-state index is 12.5. The lowest BCUT2D eigenvalue weighted by atomic mass is 10.1. The van der Waals surface area contributed by atoms with Gasteiger partial charge < -0.3 is 9.32 Å². The summed E-state index contributed by atoms with van der Waals surface area (Å²) >= 11 is 0. The van der Waals surface area contributed by atoms with Gasteiger partial charge in [-0.05, 0) is 38.8 Å². The van der Waals surface area contributed by atoms with Crippen LogP contribution in [-0.4, -0.2) is 27.6 Å². The Labute approximate surface area is 138 Å². The lowest BCUT2D eigenvalue weighted by Crippen LogP contribution is -2.27. The van der Waals surface area contributed by atoms with Crippen molar-refractivity contribution in [3.63, 3.8) is 0 Å². The largest absolute Gasteiger partial charge is 0.464 e. The first kappa shape index (κ1) is 17.3. The van der Waals surface area contributed by atoms with Gasteiger partial charge in [0, 0.05) is 24.8 Å². The Morgan fingerprint density at radius 2 is 2.00 bits per heavy atom. The van der Waals surface area contributed by atoms with Gasteiger partial charge in [-0.2, -0.15) is 5.10 Å². The molecule has 0 unspecified atom stereocenters. The predicted molar refractivity (Wildman–Crippen MR) is 90.2 cm³/mol. The van der Waals surface area contributed by atoms with E-state index in [1.54, 1.807) is 4.90 Å². The SMILES string of the molecule is Cc1ccc(CN(C)C(=O)Cc2c(C)nn(CC(C)C)c2C)o1. The van der Waals surface area contributed by atoms with E-state index in [2.05, 4.69) is 18.9 Å². The number of carbonyl (C=O) groups excluding carboxylic acids is 1. The molecule has 0 spiro atoms. The van der Waals surface area contributed by atoms with Crippen LogP contribution in [0.5, 0.6) is 0 Å². The fourth-order valence-electron chi connectivity index (χ4n) is 2.69. The third kappa shape index (κ3) is 4.24. The number of amides is 1. The van der Waals surface area contributed by atoms with Gasteiger partial charge in [0.25, 0.3) is 0 Å². The highest BCUT2D eigenvalue weighted by molar-refractivity contribution is 5.79. The molecule has 2 aromatic heterocycles. The molecule has 23 heavy (non-hydrogen) atoms. The zero-order valence-electron chi connectivity index (χ0n) is 15.0. The van der Waals surface area contributed by atoms with Crippen LogP contribution in [0.2, 0.25) is 0 Å². The first-order valence-electron chi connectivity index (χ1n) is 8.10. The van der Waals surface area contributed by atoms with Gasteiger partial charge in [-0.25, -0.2) is 0 Å². The second kappa shape index (κ2) is 7.02. The number of furan rings is 1. The number of aromatic nitrogens is 2.